The first-order chi connectivity index (χ1) is 38.2. The molecular weight excluding hydrogens is 949 g/mol. The number of anilines is 6. The number of fused-ring (bicyclic) bond motifs is 15. The van der Waals surface area contributed by atoms with Gasteiger partial charge in [0, 0.05) is 42.8 Å². The van der Waals surface area contributed by atoms with Crippen LogP contribution in [0.2, 0.25) is 0 Å². The van der Waals surface area contributed by atoms with Crippen molar-refractivity contribution in [3.05, 3.63) is 297 Å². The van der Waals surface area contributed by atoms with Gasteiger partial charge in [-0.2, -0.15) is 0 Å². The van der Waals surface area contributed by atoms with Crippen molar-refractivity contribution in [3.8, 4) is 22.3 Å². The van der Waals surface area contributed by atoms with E-state index < -0.39 is 0 Å². The second-order valence-corrected chi connectivity index (χ2v) is 21.0. The van der Waals surface area contributed by atoms with E-state index in [4.69, 9.17) is 6.58 Å². The van der Waals surface area contributed by atoms with E-state index in [1.807, 2.05) is 11.3 Å². The van der Waals surface area contributed by atoms with Crippen molar-refractivity contribution in [2.45, 2.75) is 0 Å². The lowest BCUT2D eigenvalue weighted by Crippen LogP contribution is -2.13. The fourth-order valence-corrected chi connectivity index (χ4v) is 13.5. The normalized spacial score (nSPS) is 11.9. The van der Waals surface area contributed by atoms with Gasteiger partial charge in [0.1, 0.15) is 0 Å². The van der Waals surface area contributed by atoms with Gasteiger partial charge in [-0.15, -0.1) is 11.3 Å². The average Bonchev–Trinajstić information content (AvgIpc) is 4.10. The Morgan fingerprint density at radius 2 is 0.753 bits per heavy atom. The first kappa shape index (κ1) is 44.7. The molecule has 0 spiro atoms. The van der Waals surface area contributed by atoms with E-state index in [1.54, 1.807) is 0 Å². The minimum atomic E-state index is 1.05. The number of benzene rings is 12. The van der Waals surface area contributed by atoms with E-state index in [1.165, 1.54) is 85.3 Å². The summed E-state index contributed by atoms with van der Waals surface area (Å²) in [5.74, 6) is 0. The molecule has 0 saturated carbocycles. The van der Waals surface area contributed by atoms with Crippen LogP contribution in [-0.2, 0) is 0 Å². The van der Waals surface area contributed by atoms with Crippen LogP contribution in [-0.4, -0.2) is 0 Å². The zero-order valence-electron chi connectivity index (χ0n) is 42.1. The molecule has 14 aromatic rings. The van der Waals surface area contributed by atoms with Gasteiger partial charge in [0.15, 0.2) is 0 Å². The van der Waals surface area contributed by atoms with Crippen molar-refractivity contribution >= 4 is 125 Å². The number of nitrogens with zero attached hydrogens (tertiary/aromatic N) is 2. The summed E-state index contributed by atoms with van der Waals surface area (Å²) >= 11 is 1.85. The molecule has 0 atom stereocenters. The van der Waals surface area contributed by atoms with Crippen LogP contribution in [0.3, 0.4) is 0 Å². The summed E-state index contributed by atoms with van der Waals surface area (Å²) in [7, 11) is 0. The minimum Gasteiger partial charge on any atom is -0.310 e. The van der Waals surface area contributed by atoms with Crippen LogP contribution in [0.15, 0.2) is 286 Å². The molecule has 3 heteroatoms. The van der Waals surface area contributed by atoms with Gasteiger partial charge in [-0.25, -0.2) is 0 Å². The zero-order valence-corrected chi connectivity index (χ0v) is 42.9. The smallest absolute Gasteiger partial charge is 0.0555 e. The first-order valence-electron chi connectivity index (χ1n) is 26.4. The van der Waals surface area contributed by atoms with E-state index in [2.05, 4.69) is 289 Å². The molecule has 13 aromatic carbocycles. The predicted molar refractivity (Wildman–Crippen MR) is 333 cm³/mol. The van der Waals surface area contributed by atoms with Crippen LogP contribution < -0.4 is 9.80 Å². The number of hydrogen-bond acceptors (Lipinski definition) is 3. The highest BCUT2D eigenvalue weighted by Crippen LogP contribution is 2.55. The van der Waals surface area contributed by atoms with Gasteiger partial charge >= 0.3 is 0 Å². The Kier molecular flexibility index (Phi) is 10.6. The van der Waals surface area contributed by atoms with Gasteiger partial charge in [0.05, 0.1) is 17.1 Å². The first-order valence-corrected chi connectivity index (χ1v) is 27.2. The Labute approximate surface area is 451 Å². The highest BCUT2D eigenvalue weighted by molar-refractivity contribution is 7.26. The van der Waals surface area contributed by atoms with Crippen molar-refractivity contribution in [1.29, 1.82) is 0 Å². The molecule has 1 aliphatic rings. The third kappa shape index (κ3) is 7.23. The van der Waals surface area contributed by atoms with Gasteiger partial charge in [0.2, 0.25) is 0 Å². The summed E-state index contributed by atoms with van der Waals surface area (Å²) in [5.41, 5.74) is 14.7. The molecule has 1 heterocycles. The van der Waals surface area contributed by atoms with Gasteiger partial charge in [-0.1, -0.05) is 213 Å². The van der Waals surface area contributed by atoms with Crippen molar-refractivity contribution in [2.75, 3.05) is 9.80 Å². The minimum absolute atomic E-state index is 1.05. The van der Waals surface area contributed by atoms with Crippen molar-refractivity contribution < 1.29 is 0 Å². The van der Waals surface area contributed by atoms with E-state index in [-0.39, 0.29) is 0 Å². The SMILES string of the molecule is C=C1c2c(cccc2N(c2ccccc2)c2cccc3sc4cccc(N(c5ccccc5)c5ccc6c(c5)c(-c5ccccc5)cc5ccccc5c5ccccc5c5ccccc65)c4c23)-c2ccc3ccccc3c21. The average molecular weight is 997 g/mol. The largest absolute Gasteiger partial charge is 0.310 e. The van der Waals surface area contributed by atoms with Crippen molar-refractivity contribution in [2.24, 2.45) is 0 Å². The summed E-state index contributed by atoms with van der Waals surface area (Å²) in [4.78, 5) is 4.97. The Hall–Kier alpha value is -9.80. The van der Waals surface area contributed by atoms with E-state index in [9.17, 15) is 0 Å². The molecule has 0 aliphatic heterocycles. The molecule has 15 rings (SSSR count). The molecular formula is C74H48N2S. The molecule has 0 bridgehead atoms. The van der Waals surface area contributed by atoms with Crippen LogP contribution in [0.1, 0.15) is 11.1 Å². The van der Waals surface area contributed by atoms with Crippen molar-refractivity contribution in [1.82, 2.24) is 0 Å². The topological polar surface area (TPSA) is 6.48 Å². The molecule has 2 nitrogen and oxygen atoms in total. The van der Waals surface area contributed by atoms with E-state index in [0.717, 1.165) is 61.8 Å². The third-order valence-corrected chi connectivity index (χ3v) is 16.8. The molecule has 0 unspecified atom stereocenters. The lowest BCUT2D eigenvalue weighted by Gasteiger charge is -2.30. The van der Waals surface area contributed by atoms with E-state index >= 15 is 0 Å². The van der Waals surface area contributed by atoms with Crippen LogP contribution in [0, 0.1) is 0 Å². The van der Waals surface area contributed by atoms with Crippen LogP contribution in [0.4, 0.5) is 34.1 Å². The maximum Gasteiger partial charge on any atom is 0.0555 e. The van der Waals surface area contributed by atoms with Crippen LogP contribution >= 0.6 is 11.3 Å². The summed E-state index contributed by atoms with van der Waals surface area (Å²) in [5, 5.41) is 14.4. The molecule has 0 saturated heterocycles. The van der Waals surface area contributed by atoms with Crippen LogP contribution in [0.25, 0.3) is 102 Å². The summed E-state index contributed by atoms with van der Waals surface area (Å²) < 4.78 is 2.43. The number of hydrogen-bond donors (Lipinski definition) is 0. The summed E-state index contributed by atoms with van der Waals surface area (Å²) in [6.07, 6.45) is 0. The Balaban J connectivity index is 1.02. The van der Waals surface area contributed by atoms with Gasteiger partial charge in [0.25, 0.3) is 0 Å². The van der Waals surface area contributed by atoms with Gasteiger partial charge in [-0.3, -0.25) is 0 Å². The highest BCUT2D eigenvalue weighted by atomic mass is 32.1. The number of para-hydroxylation sites is 2. The molecule has 0 fully saturated rings. The van der Waals surface area contributed by atoms with E-state index in [0.29, 0.717) is 0 Å². The summed E-state index contributed by atoms with van der Waals surface area (Å²) in [6.45, 7) is 4.90. The maximum absolute atomic E-state index is 4.90. The number of rotatable bonds is 7. The molecule has 0 amide bonds. The second-order valence-electron chi connectivity index (χ2n) is 20.0. The monoisotopic (exact) mass is 996 g/mol. The quantitative estimate of drug-likeness (QED) is 0.157. The van der Waals surface area contributed by atoms with Gasteiger partial charge in [-0.05, 0) is 160 Å². The fourth-order valence-electron chi connectivity index (χ4n) is 12.4. The molecule has 1 aliphatic carbocycles. The van der Waals surface area contributed by atoms with Crippen molar-refractivity contribution in [3.63, 3.8) is 0 Å². The molecule has 0 N–H and O–H groups in total. The maximum atomic E-state index is 4.90. The lowest BCUT2D eigenvalue weighted by atomic mass is 9.93. The highest BCUT2D eigenvalue weighted by Gasteiger charge is 2.31. The molecule has 360 valence electrons. The third-order valence-electron chi connectivity index (χ3n) is 15.7. The number of thiophene rings is 1. The summed E-state index contributed by atoms with van der Waals surface area (Å²) in [6, 6.07) is 103. The van der Waals surface area contributed by atoms with Crippen LogP contribution in [0.5, 0.6) is 0 Å². The van der Waals surface area contributed by atoms with Gasteiger partial charge < -0.3 is 9.80 Å². The Morgan fingerprint density at radius 3 is 1.40 bits per heavy atom. The molecule has 1 aromatic heterocycles. The zero-order chi connectivity index (χ0) is 51.0. The second kappa shape index (κ2) is 18.2. The fraction of sp³-hybridized carbons (Fsp3) is 0. The Bertz CT molecular complexity index is 4770. The molecule has 77 heavy (non-hydrogen) atoms. The standard InChI is InChI=1S/C74H48N2S/c1-48-71-56-31-14-11-24-50(56)42-44-63(71)62-36-19-37-66(72(48)62)76(53-28-9-4-10-29-53)68-39-21-41-70-74(68)73-67(38-20-40-69(73)77-70)75(52-26-7-3-8-27-52)54-43-45-61-60-35-18-17-34-59(60)58-33-16-15-32-57(58)55-30-13-12-25-51(55)46-64(65(61)47-54)49-22-5-2-6-23-49/h2-47H,1H2. The molecule has 0 radical (unpaired) electrons. The Morgan fingerprint density at radius 1 is 0.273 bits per heavy atom. The predicted octanol–water partition coefficient (Wildman–Crippen LogP) is 21.6. The lowest BCUT2D eigenvalue weighted by molar-refractivity contribution is 1.29.